The highest BCUT2D eigenvalue weighted by Crippen LogP contribution is 2.23. The van der Waals surface area contributed by atoms with E-state index in [9.17, 15) is 9.18 Å². The minimum Gasteiger partial charge on any atom is -0.382 e. The molecule has 2 nitrogen and oxygen atoms in total. The van der Waals surface area contributed by atoms with Crippen LogP contribution in [-0.2, 0) is 10.6 Å². The Hall–Kier alpha value is -1.81. The lowest BCUT2D eigenvalue weighted by atomic mass is 10.1. The molecular weight excluding hydrogens is 263 g/mol. The molecule has 2 aromatic rings. The third-order valence-corrected chi connectivity index (χ3v) is 3.39. The van der Waals surface area contributed by atoms with Crippen LogP contribution in [0.4, 0.5) is 4.39 Å². The van der Waals surface area contributed by atoms with Crippen molar-refractivity contribution < 1.29 is 13.4 Å². The number of aryl methyl sites for hydroxylation is 1. The normalized spacial score (nSPS) is 10.2. The highest BCUT2D eigenvalue weighted by atomic mass is 32.2. The van der Waals surface area contributed by atoms with Gasteiger partial charge in [-0.05, 0) is 36.2 Å². The first-order valence-corrected chi connectivity index (χ1v) is 6.67. The van der Waals surface area contributed by atoms with E-state index in [2.05, 4.69) is 0 Å². The first kappa shape index (κ1) is 13.6. The number of rotatable bonds is 4. The van der Waals surface area contributed by atoms with Crippen LogP contribution in [0.2, 0.25) is 0 Å². The Labute approximate surface area is 115 Å². The maximum atomic E-state index is 13.3. The van der Waals surface area contributed by atoms with E-state index in [1.54, 1.807) is 30.3 Å². The highest BCUT2D eigenvalue weighted by molar-refractivity contribution is 7.95. The molecule has 0 amide bonds. The average Bonchev–Trinajstić information content (AvgIpc) is 2.46. The second kappa shape index (κ2) is 6.38. The summed E-state index contributed by atoms with van der Waals surface area (Å²) in [5.41, 5.74) is 1.61. The van der Waals surface area contributed by atoms with Gasteiger partial charge in [0.25, 0.3) is 0 Å². The molecule has 0 spiro atoms. The Balaban J connectivity index is 1.99. The smallest absolute Gasteiger partial charge is 0.350 e. The Morgan fingerprint density at radius 1 is 1.16 bits per heavy atom. The third-order valence-electron chi connectivity index (χ3n) is 2.64. The molecule has 0 fully saturated rings. The molecule has 0 radical (unpaired) electrons. The minimum absolute atomic E-state index is 0.293. The van der Waals surface area contributed by atoms with Gasteiger partial charge in [0, 0.05) is 0 Å². The van der Waals surface area contributed by atoms with Crippen LogP contribution >= 0.6 is 12.0 Å². The molecule has 98 valence electrons. The molecule has 2 aromatic carbocycles. The number of benzene rings is 2. The topological polar surface area (TPSA) is 26.3 Å². The summed E-state index contributed by atoms with van der Waals surface area (Å²) in [4.78, 5) is 12.1. The zero-order valence-electron chi connectivity index (χ0n) is 10.4. The van der Waals surface area contributed by atoms with E-state index in [0.29, 0.717) is 10.5 Å². The van der Waals surface area contributed by atoms with E-state index in [1.165, 1.54) is 6.07 Å². The van der Waals surface area contributed by atoms with Gasteiger partial charge >= 0.3 is 5.97 Å². The van der Waals surface area contributed by atoms with Crippen molar-refractivity contribution in [3.8, 4) is 0 Å². The molecule has 0 atom stereocenters. The van der Waals surface area contributed by atoms with Gasteiger partial charge in [-0.3, -0.25) is 0 Å². The summed E-state index contributed by atoms with van der Waals surface area (Å²) in [5, 5.41) is 0. The molecule has 0 aliphatic rings. The molecule has 0 heterocycles. The van der Waals surface area contributed by atoms with Crippen LogP contribution in [0.1, 0.15) is 22.8 Å². The molecule has 2 rings (SSSR count). The quantitative estimate of drug-likeness (QED) is 0.781. The van der Waals surface area contributed by atoms with E-state index >= 15 is 0 Å². The van der Waals surface area contributed by atoms with Gasteiger partial charge in [0.15, 0.2) is 0 Å². The molecular formula is C15H13FO2S. The van der Waals surface area contributed by atoms with Gasteiger partial charge < -0.3 is 4.18 Å². The van der Waals surface area contributed by atoms with Gasteiger partial charge in [-0.25, -0.2) is 9.18 Å². The molecule has 0 bridgehead atoms. The summed E-state index contributed by atoms with van der Waals surface area (Å²) in [6, 6.07) is 13.3. The number of carbonyl (C=O) groups is 1. The lowest BCUT2D eigenvalue weighted by molar-refractivity contribution is 0.0768. The summed E-state index contributed by atoms with van der Waals surface area (Å²) in [5.74, 6) is -0.877. The highest BCUT2D eigenvalue weighted by Gasteiger charge is 2.10. The van der Waals surface area contributed by atoms with Crippen LogP contribution in [0.5, 0.6) is 0 Å². The zero-order chi connectivity index (χ0) is 13.7. The van der Waals surface area contributed by atoms with E-state index in [4.69, 9.17) is 4.18 Å². The van der Waals surface area contributed by atoms with Crippen molar-refractivity contribution in [2.24, 2.45) is 0 Å². The van der Waals surface area contributed by atoms with Crippen LogP contribution in [0.25, 0.3) is 0 Å². The lowest BCUT2D eigenvalue weighted by Gasteiger charge is -2.04. The van der Waals surface area contributed by atoms with Crippen molar-refractivity contribution in [3.05, 3.63) is 65.5 Å². The van der Waals surface area contributed by atoms with Crippen LogP contribution in [0, 0.1) is 5.82 Å². The van der Waals surface area contributed by atoms with Crippen molar-refractivity contribution in [1.29, 1.82) is 0 Å². The number of carbonyl (C=O) groups excluding carboxylic acids is 1. The average molecular weight is 276 g/mol. The van der Waals surface area contributed by atoms with Gasteiger partial charge in [-0.15, -0.1) is 0 Å². The van der Waals surface area contributed by atoms with Crippen molar-refractivity contribution >= 4 is 18.0 Å². The van der Waals surface area contributed by atoms with E-state index in [-0.39, 0.29) is 0 Å². The van der Waals surface area contributed by atoms with Crippen molar-refractivity contribution in [1.82, 2.24) is 0 Å². The minimum atomic E-state index is -0.476. The van der Waals surface area contributed by atoms with Crippen LogP contribution in [-0.4, -0.2) is 5.97 Å². The SMILES string of the molecule is CCc1ccc(C(=O)OSc2ccccc2F)cc1. The molecule has 0 saturated carbocycles. The predicted octanol–water partition coefficient (Wildman–Crippen LogP) is 4.25. The Kier molecular flexibility index (Phi) is 4.58. The Bertz CT molecular complexity index is 567. The van der Waals surface area contributed by atoms with Crippen LogP contribution in [0.15, 0.2) is 53.4 Å². The van der Waals surface area contributed by atoms with E-state index in [0.717, 1.165) is 24.0 Å². The first-order chi connectivity index (χ1) is 9.20. The number of halogens is 1. The van der Waals surface area contributed by atoms with Gasteiger partial charge in [-0.1, -0.05) is 31.2 Å². The lowest BCUT2D eigenvalue weighted by Crippen LogP contribution is -2.00. The molecule has 0 unspecified atom stereocenters. The first-order valence-electron chi connectivity index (χ1n) is 5.93. The fraction of sp³-hybridized carbons (Fsp3) is 0.133. The summed E-state index contributed by atoms with van der Waals surface area (Å²) in [6.45, 7) is 2.04. The second-order valence-corrected chi connectivity index (χ2v) is 4.71. The Morgan fingerprint density at radius 3 is 2.47 bits per heavy atom. The summed E-state index contributed by atoms with van der Waals surface area (Å²) < 4.78 is 18.3. The standard InChI is InChI=1S/C15H13FO2S/c1-2-11-7-9-12(10-8-11)15(17)18-19-14-6-4-3-5-13(14)16/h3-10H,2H2,1H3. The molecule has 19 heavy (non-hydrogen) atoms. The van der Waals surface area contributed by atoms with Gasteiger partial charge in [0.2, 0.25) is 0 Å². The maximum absolute atomic E-state index is 13.3. The number of hydrogen-bond acceptors (Lipinski definition) is 3. The molecule has 0 N–H and O–H groups in total. The summed E-state index contributed by atoms with van der Waals surface area (Å²) in [6.07, 6.45) is 0.916. The molecule has 0 aliphatic heterocycles. The largest absolute Gasteiger partial charge is 0.382 e. The van der Waals surface area contributed by atoms with Crippen molar-refractivity contribution in [2.45, 2.75) is 18.2 Å². The maximum Gasteiger partial charge on any atom is 0.350 e. The fourth-order valence-electron chi connectivity index (χ4n) is 1.52. The molecule has 4 heteroatoms. The second-order valence-electron chi connectivity index (χ2n) is 3.94. The zero-order valence-corrected chi connectivity index (χ0v) is 11.2. The van der Waals surface area contributed by atoms with Crippen molar-refractivity contribution in [2.75, 3.05) is 0 Å². The van der Waals surface area contributed by atoms with Crippen molar-refractivity contribution in [3.63, 3.8) is 0 Å². The van der Waals surface area contributed by atoms with E-state index in [1.807, 2.05) is 19.1 Å². The van der Waals surface area contributed by atoms with Crippen LogP contribution in [0.3, 0.4) is 0 Å². The molecule has 0 aromatic heterocycles. The van der Waals surface area contributed by atoms with Gasteiger partial charge in [0.05, 0.1) is 22.5 Å². The third kappa shape index (κ3) is 3.58. The molecule has 0 aliphatic carbocycles. The summed E-state index contributed by atoms with van der Waals surface area (Å²) in [7, 11) is 0. The fourth-order valence-corrected chi connectivity index (χ4v) is 2.06. The van der Waals surface area contributed by atoms with Gasteiger partial charge in [0.1, 0.15) is 5.82 Å². The number of hydrogen-bond donors (Lipinski definition) is 0. The monoisotopic (exact) mass is 276 g/mol. The Morgan fingerprint density at radius 2 is 1.84 bits per heavy atom. The van der Waals surface area contributed by atoms with Gasteiger partial charge in [-0.2, -0.15) is 0 Å². The molecule has 0 saturated heterocycles. The van der Waals surface area contributed by atoms with E-state index < -0.39 is 11.8 Å². The predicted molar refractivity (Wildman–Crippen MR) is 73.5 cm³/mol. The van der Waals surface area contributed by atoms with Crippen LogP contribution < -0.4 is 0 Å². The summed E-state index contributed by atoms with van der Waals surface area (Å²) >= 11 is 0.735.